The van der Waals surface area contributed by atoms with Gasteiger partial charge in [0, 0.05) is 10.8 Å². The van der Waals surface area contributed by atoms with E-state index in [4.69, 9.17) is 42.1 Å². The highest BCUT2D eigenvalue weighted by atomic mass is 35.5. The number of unbranched alkanes of at least 4 members (excludes halogenated alkanes) is 8. The quantitative estimate of drug-likeness (QED) is 0.0967. The van der Waals surface area contributed by atoms with Crippen LogP contribution in [-0.4, -0.2) is 26.4 Å². The van der Waals surface area contributed by atoms with Gasteiger partial charge in [-0.15, -0.1) is 0 Å². The molecule has 0 aliphatic carbocycles. The SMILES string of the molecule is CCCCCOc1ccc(OCCCCC)c2c(OCCCCC)c3c(Cl)c(Cl)ccc3c(OCCCCC)c12. The molecule has 0 atom stereocenters. The summed E-state index contributed by atoms with van der Waals surface area (Å²) in [5.41, 5.74) is 0. The minimum absolute atomic E-state index is 0.469. The molecule has 3 rings (SSSR count). The van der Waals surface area contributed by atoms with Crippen LogP contribution >= 0.6 is 23.2 Å². The van der Waals surface area contributed by atoms with E-state index in [9.17, 15) is 0 Å². The van der Waals surface area contributed by atoms with Crippen LogP contribution in [0.5, 0.6) is 23.0 Å². The van der Waals surface area contributed by atoms with Crippen molar-refractivity contribution in [1.82, 2.24) is 0 Å². The molecule has 0 bridgehead atoms. The molecule has 222 valence electrons. The van der Waals surface area contributed by atoms with Gasteiger partial charge in [-0.2, -0.15) is 0 Å². The molecule has 3 aromatic rings. The summed E-state index contributed by atoms with van der Waals surface area (Å²) in [7, 11) is 0. The molecule has 0 aliphatic heterocycles. The Morgan fingerprint density at radius 1 is 0.475 bits per heavy atom. The largest absolute Gasteiger partial charge is 0.493 e. The fourth-order valence-corrected chi connectivity index (χ4v) is 5.30. The summed E-state index contributed by atoms with van der Waals surface area (Å²) >= 11 is 13.5. The van der Waals surface area contributed by atoms with Crippen molar-refractivity contribution in [3.05, 3.63) is 34.3 Å². The number of halogens is 2. The van der Waals surface area contributed by atoms with Gasteiger partial charge in [0.2, 0.25) is 0 Å². The molecule has 0 unspecified atom stereocenters. The van der Waals surface area contributed by atoms with Gasteiger partial charge in [0.25, 0.3) is 0 Å². The fourth-order valence-electron chi connectivity index (χ4n) is 4.89. The second-order valence-corrected chi connectivity index (χ2v) is 11.3. The van der Waals surface area contributed by atoms with Crippen LogP contribution in [0.1, 0.15) is 105 Å². The molecule has 0 radical (unpaired) electrons. The molecule has 4 nitrogen and oxygen atoms in total. The Morgan fingerprint density at radius 2 is 0.900 bits per heavy atom. The highest BCUT2D eigenvalue weighted by Crippen LogP contribution is 2.53. The van der Waals surface area contributed by atoms with Gasteiger partial charge in [-0.25, -0.2) is 0 Å². The van der Waals surface area contributed by atoms with Gasteiger partial charge in [-0.3, -0.25) is 0 Å². The predicted octanol–water partition coefficient (Wildman–Crippen LogP) is 11.6. The Hall–Kier alpha value is -2.04. The number of fused-ring (bicyclic) bond motifs is 2. The first-order valence-corrected chi connectivity index (χ1v) is 16.3. The first-order chi connectivity index (χ1) is 19.6. The first-order valence-electron chi connectivity index (χ1n) is 15.5. The standard InChI is InChI=1S/C34H48Cl2O4/c1-5-9-13-21-37-27-19-20-28(38-22-14-10-6-2)31-30(27)33(39-23-15-11-7-3)25-17-18-26(35)32(36)29(25)34(31)40-24-16-12-8-4/h17-20H,5-16,21-24H2,1-4H3. The third-order valence-electron chi connectivity index (χ3n) is 7.15. The lowest BCUT2D eigenvalue weighted by atomic mass is 9.98. The van der Waals surface area contributed by atoms with Crippen molar-refractivity contribution < 1.29 is 18.9 Å². The summed E-state index contributed by atoms with van der Waals surface area (Å²) in [5.74, 6) is 2.99. The van der Waals surface area contributed by atoms with Gasteiger partial charge in [0.15, 0.2) is 0 Å². The van der Waals surface area contributed by atoms with Crippen molar-refractivity contribution in [3.63, 3.8) is 0 Å². The van der Waals surface area contributed by atoms with E-state index in [1.165, 1.54) is 0 Å². The summed E-state index contributed by atoms with van der Waals surface area (Å²) in [5, 5.41) is 4.34. The number of ether oxygens (including phenoxy) is 4. The zero-order chi connectivity index (χ0) is 28.7. The molecule has 40 heavy (non-hydrogen) atoms. The molecule has 0 fully saturated rings. The lowest BCUT2D eigenvalue weighted by Gasteiger charge is -2.23. The van der Waals surface area contributed by atoms with Crippen LogP contribution < -0.4 is 18.9 Å². The van der Waals surface area contributed by atoms with Crippen molar-refractivity contribution in [2.45, 2.75) is 105 Å². The molecule has 0 spiro atoms. The maximum Gasteiger partial charge on any atom is 0.140 e. The molecular formula is C34H48Cl2O4. The molecule has 3 aromatic carbocycles. The van der Waals surface area contributed by atoms with Gasteiger partial charge < -0.3 is 18.9 Å². The molecule has 6 heteroatoms. The van der Waals surface area contributed by atoms with Gasteiger partial charge in [0.1, 0.15) is 23.0 Å². The van der Waals surface area contributed by atoms with Crippen molar-refractivity contribution in [1.29, 1.82) is 0 Å². The Bertz CT molecular complexity index is 1190. The average molecular weight is 592 g/mol. The lowest BCUT2D eigenvalue weighted by molar-refractivity contribution is 0.292. The van der Waals surface area contributed by atoms with E-state index >= 15 is 0 Å². The zero-order valence-electron chi connectivity index (χ0n) is 25.0. The predicted molar refractivity (Wildman–Crippen MR) is 172 cm³/mol. The Kier molecular flexibility index (Phi) is 14.4. The second kappa shape index (κ2) is 17.7. The monoisotopic (exact) mass is 590 g/mol. The molecule has 0 N–H and O–H groups in total. The van der Waals surface area contributed by atoms with Crippen molar-refractivity contribution in [3.8, 4) is 23.0 Å². The maximum atomic E-state index is 6.94. The Balaban J connectivity index is 2.30. The zero-order valence-corrected chi connectivity index (χ0v) is 26.5. The topological polar surface area (TPSA) is 36.9 Å². The minimum atomic E-state index is 0.469. The van der Waals surface area contributed by atoms with E-state index in [1.807, 2.05) is 24.3 Å². The molecule has 0 heterocycles. The highest BCUT2D eigenvalue weighted by molar-refractivity contribution is 6.46. The van der Waals surface area contributed by atoms with Gasteiger partial charge >= 0.3 is 0 Å². The van der Waals surface area contributed by atoms with Crippen molar-refractivity contribution in [2.75, 3.05) is 26.4 Å². The van der Waals surface area contributed by atoms with Crippen LogP contribution in [0.2, 0.25) is 10.0 Å². The Morgan fingerprint density at radius 3 is 1.38 bits per heavy atom. The first kappa shape index (κ1) is 32.5. The van der Waals surface area contributed by atoms with E-state index in [-0.39, 0.29) is 0 Å². The molecular weight excluding hydrogens is 543 g/mol. The summed E-state index contributed by atoms with van der Waals surface area (Å²) in [6, 6.07) is 7.86. The van der Waals surface area contributed by atoms with Crippen LogP contribution in [0.4, 0.5) is 0 Å². The molecule has 0 saturated heterocycles. The summed E-state index contributed by atoms with van der Waals surface area (Å²) in [6.45, 7) is 11.2. The number of rotatable bonds is 20. The third-order valence-corrected chi connectivity index (χ3v) is 7.95. The van der Waals surface area contributed by atoms with Crippen LogP contribution in [0, 0.1) is 0 Å². The second-order valence-electron chi connectivity index (χ2n) is 10.5. The molecule has 0 aromatic heterocycles. The van der Waals surface area contributed by atoms with E-state index in [0.717, 1.165) is 116 Å². The average Bonchev–Trinajstić information content (AvgIpc) is 2.96. The van der Waals surface area contributed by atoms with E-state index in [0.29, 0.717) is 42.2 Å². The summed E-state index contributed by atoms with van der Waals surface area (Å²) in [6.07, 6.45) is 12.9. The fraction of sp³-hybridized carbons (Fsp3) is 0.588. The van der Waals surface area contributed by atoms with Crippen LogP contribution in [0.25, 0.3) is 21.5 Å². The van der Waals surface area contributed by atoms with Crippen LogP contribution in [0.3, 0.4) is 0 Å². The number of hydrogen-bond donors (Lipinski definition) is 0. The number of hydrogen-bond acceptors (Lipinski definition) is 4. The van der Waals surface area contributed by atoms with Crippen LogP contribution in [0.15, 0.2) is 24.3 Å². The maximum absolute atomic E-state index is 6.94. The van der Waals surface area contributed by atoms with Crippen molar-refractivity contribution >= 4 is 44.7 Å². The summed E-state index contributed by atoms with van der Waals surface area (Å²) < 4.78 is 26.1. The van der Waals surface area contributed by atoms with E-state index < -0.39 is 0 Å². The van der Waals surface area contributed by atoms with Gasteiger partial charge in [0.05, 0.1) is 47.2 Å². The normalized spacial score (nSPS) is 11.3. The molecule has 0 saturated carbocycles. The minimum Gasteiger partial charge on any atom is -0.493 e. The van der Waals surface area contributed by atoms with E-state index in [1.54, 1.807) is 0 Å². The highest BCUT2D eigenvalue weighted by Gasteiger charge is 2.25. The van der Waals surface area contributed by atoms with Crippen LogP contribution in [-0.2, 0) is 0 Å². The lowest BCUT2D eigenvalue weighted by Crippen LogP contribution is -2.06. The van der Waals surface area contributed by atoms with Crippen molar-refractivity contribution in [2.24, 2.45) is 0 Å². The number of benzene rings is 3. The molecule has 0 aliphatic rings. The molecule has 0 amide bonds. The third kappa shape index (κ3) is 8.49. The van der Waals surface area contributed by atoms with Gasteiger partial charge in [-0.05, 0) is 49.9 Å². The Labute approximate surface area is 251 Å². The summed E-state index contributed by atoms with van der Waals surface area (Å²) in [4.78, 5) is 0. The van der Waals surface area contributed by atoms with E-state index in [2.05, 4.69) is 27.7 Å². The smallest absolute Gasteiger partial charge is 0.140 e. The van der Waals surface area contributed by atoms with Gasteiger partial charge in [-0.1, -0.05) is 102 Å².